The Kier molecular flexibility index (Phi) is 6.02. The summed E-state index contributed by atoms with van der Waals surface area (Å²) in [6, 6.07) is 11.5. The van der Waals surface area contributed by atoms with E-state index in [1.807, 2.05) is 32.0 Å². The lowest BCUT2D eigenvalue weighted by molar-refractivity contribution is -0.384. The molecule has 0 aliphatic carbocycles. The van der Waals surface area contributed by atoms with Gasteiger partial charge in [-0.1, -0.05) is 18.2 Å². The topological polar surface area (TPSA) is 93.5 Å². The van der Waals surface area contributed by atoms with Crippen LogP contribution >= 0.6 is 12.2 Å². The first-order valence-electron chi connectivity index (χ1n) is 7.40. The Morgan fingerprint density at radius 3 is 2.72 bits per heavy atom. The minimum absolute atomic E-state index is 0.0371. The minimum Gasteiger partial charge on any atom is -0.483 e. The van der Waals surface area contributed by atoms with Crippen molar-refractivity contribution in [1.82, 2.24) is 5.32 Å². The van der Waals surface area contributed by atoms with E-state index in [0.717, 1.165) is 11.1 Å². The van der Waals surface area contributed by atoms with Crippen molar-refractivity contribution in [2.24, 2.45) is 0 Å². The van der Waals surface area contributed by atoms with Crippen LogP contribution in [0.5, 0.6) is 5.75 Å². The Hall–Kier alpha value is -3.00. The third-order valence-electron chi connectivity index (χ3n) is 3.27. The van der Waals surface area contributed by atoms with Gasteiger partial charge in [-0.15, -0.1) is 0 Å². The molecule has 0 spiro atoms. The highest BCUT2D eigenvalue weighted by Gasteiger charge is 2.10. The highest BCUT2D eigenvalue weighted by molar-refractivity contribution is 7.80. The summed E-state index contributed by atoms with van der Waals surface area (Å²) in [5, 5.41) is 16.0. The summed E-state index contributed by atoms with van der Waals surface area (Å²) < 4.78 is 5.49. The Labute approximate surface area is 150 Å². The van der Waals surface area contributed by atoms with Crippen LogP contribution in [0.15, 0.2) is 42.5 Å². The summed E-state index contributed by atoms with van der Waals surface area (Å²) in [5.74, 6) is 0.205. The van der Waals surface area contributed by atoms with Crippen LogP contribution in [0, 0.1) is 24.0 Å². The van der Waals surface area contributed by atoms with Crippen molar-refractivity contribution in [3.63, 3.8) is 0 Å². The molecule has 8 heteroatoms. The van der Waals surface area contributed by atoms with Gasteiger partial charge in [-0.05, 0) is 49.3 Å². The van der Waals surface area contributed by atoms with Crippen LogP contribution in [-0.4, -0.2) is 22.5 Å². The van der Waals surface area contributed by atoms with Crippen LogP contribution in [0.25, 0.3) is 0 Å². The van der Waals surface area contributed by atoms with E-state index >= 15 is 0 Å². The normalized spacial score (nSPS) is 10.0. The lowest BCUT2D eigenvalue weighted by atomic mass is 10.1. The van der Waals surface area contributed by atoms with Crippen molar-refractivity contribution in [3.8, 4) is 5.75 Å². The van der Waals surface area contributed by atoms with E-state index < -0.39 is 10.8 Å². The van der Waals surface area contributed by atoms with Gasteiger partial charge in [0.1, 0.15) is 5.75 Å². The smallest absolute Gasteiger partial charge is 0.271 e. The molecule has 0 fully saturated rings. The number of carbonyl (C=O) groups excluding carboxylic acids is 1. The third kappa shape index (κ3) is 5.54. The van der Waals surface area contributed by atoms with E-state index in [1.54, 1.807) is 6.07 Å². The SMILES string of the molecule is Cc1ccc(C)c(OCC(=O)NC(=S)Nc2cccc([N+](=O)[O-])c2)c1. The Bertz CT molecular complexity index is 823. The van der Waals surface area contributed by atoms with Gasteiger partial charge in [-0.3, -0.25) is 20.2 Å². The minimum atomic E-state index is -0.509. The second kappa shape index (κ2) is 8.20. The van der Waals surface area contributed by atoms with E-state index in [0.29, 0.717) is 11.4 Å². The maximum absolute atomic E-state index is 11.9. The standard InChI is InChI=1S/C17H17N3O4S/c1-11-6-7-12(2)15(8-11)24-10-16(21)19-17(25)18-13-4-3-5-14(9-13)20(22)23/h3-9H,10H2,1-2H3,(H2,18,19,21,25). The number of anilines is 1. The summed E-state index contributed by atoms with van der Waals surface area (Å²) in [6.45, 7) is 3.63. The van der Waals surface area contributed by atoms with Gasteiger partial charge < -0.3 is 10.1 Å². The maximum Gasteiger partial charge on any atom is 0.271 e. The van der Waals surface area contributed by atoms with Gasteiger partial charge >= 0.3 is 0 Å². The molecule has 25 heavy (non-hydrogen) atoms. The number of nitro groups is 1. The fourth-order valence-electron chi connectivity index (χ4n) is 2.03. The fraction of sp³-hybridized carbons (Fsp3) is 0.176. The first-order valence-corrected chi connectivity index (χ1v) is 7.81. The molecular weight excluding hydrogens is 342 g/mol. The molecule has 0 aliphatic rings. The number of hydrogen-bond donors (Lipinski definition) is 2. The first-order chi connectivity index (χ1) is 11.8. The van der Waals surface area contributed by atoms with Crippen molar-refractivity contribution in [2.75, 3.05) is 11.9 Å². The molecule has 0 atom stereocenters. The second-order valence-corrected chi connectivity index (χ2v) is 5.78. The number of nitrogens with zero attached hydrogens (tertiary/aromatic N) is 1. The van der Waals surface area contributed by atoms with Crippen molar-refractivity contribution in [1.29, 1.82) is 0 Å². The monoisotopic (exact) mass is 359 g/mol. The Morgan fingerprint density at radius 2 is 2.00 bits per heavy atom. The zero-order chi connectivity index (χ0) is 18.4. The number of hydrogen-bond acceptors (Lipinski definition) is 5. The Morgan fingerprint density at radius 1 is 1.24 bits per heavy atom. The lowest BCUT2D eigenvalue weighted by Gasteiger charge is -2.12. The molecule has 0 unspecified atom stereocenters. The van der Waals surface area contributed by atoms with Gasteiger partial charge in [-0.25, -0.2) is 0 Å². The van der Waals surface area contributed by atoms with Crippen LogP contribution in [0.1, 0.15) is 11.1 Å². The quantitative estimate of drug-likeness (QED) is 0.484. The van der Waals surface area contributed by atoms with Crippen molar-refractivity contribution in [3.05, 3.63) is 63.7 Å². The molecule has 0 aromatic heterocycles. The van der Waals surface area contributed by atoms with Gasteiger partial charge in [0.25, 0.3) is 11.6 Å². The summed E-state index contributed by atoms with van der Waals surface area (Å²) in [5.41, 5.74) is 2.30. The Balaban J connectivity index is 1.88. The molecular formula is C17H17N3O4S. The summed E-state index contributed by atoms with van der Waals surface area (Å²) in [6.07, 6.45) is 0. The summed E-state index contributed by atoms with van der Waals surface area (Å²) >= 11 is 5.03. The molecule has 0 aliphatic heterocycles. The van der Waals surface area contributed by atoms with Gasteiger partial charge in [0, 0.05) is 17.8 Å². The number of thiocarbonyl (C=S) groups is 1. The zero-order valence-electron chi connectivity index (χ0n) is 13.7. The highest BCUT2D eigenvalue weighted by Crippen LogP contribution is 2.19. The van der Waals surface area contributed by atoms with Gasteiger partial charge in [0.2, 0.25) is 0 Å². The van der Waals surface area contributed by atoms with E-state index in [2.05, 4.69) is 10.6 Å². The van der Waals surface area contributed by atoms with Crippen LogP contribution in [-0.2, 0) is 4.79 Å². The second-order valence-electron chi connectivity index (χ2n) is 5.37. The largest absolute Gasteiger partial charge is 0.483 e. The van der Waals surface area contributed by atoms with Crippen LogP contribution in [0.4, 0.5) is 11.4 Å². The maximum atomic E-state index is 11.9. The van der Waals surface area contributed by atoms with Crippen molar-refractivity contribution < 1.29 is 14.5 Å². The predicted octanol–water partition coefficient (Wildman–Crippen LogP) is 3.10. The molecule has 0 radical (unpaired) electrons. The van der Waals surface area contributed by atoms with Crippen LogP contribution in [0.2, 0.25) is 0 Å². The summed E-state index contributed by atoms with van der Waals surface area (Å²) in [7, 11) is 0. The average molecular weight is 359 g/mol. The van der Waals surface area contributed by atoms with E-state index in [4.69, 9.17) is 17.0 Å². The van der Waals surface area contributed by atoms with E-state index in [-0.39, 0.29) is 17.4 Å². The molecule has 2 rings (SSSR count). The lowest BCUT2D eigenvalue weighted by Crippen LogP contribution is -2.37. The molecule has 0 saturated carbocycles. The number of non-ortho nitro benzene ring substituents is 1. The predicted molar refractivity (Wildman–Crippen MR) is 98.9 cm³/mol. The fourth-order valence-corrected chi connectivity index (χ4v) is 2.26. The average Bonchev–Trinajstić information content (AvgIpc) is 2.55. The number of aryl methyl sites for hydroxylation is 2. The van der Waals surface area contributed by atoms with Gasteiger partial charge in [0.15, 0.2) is 11.7 Å². The first kappa shape index (κ1) is 18.3. The molecule has 2 aromatic carbocycles. The number of benzene rings is 2. The molecule has 2 N–H and O–H groups in total. The van der Waals surface area contributed by atoms with Crippen molar-refractivity contribution in [2.45, 2.75) is 13.8 Å². The number of rotatable bonds is 5. The molecule has 7 nitrogen and oxygen atoms in total. The van der Waals surface area contributed by atoms with Gasteiger partial charge in [-0.2, -0.15) is 0 Å². The van der Waals surface area contributed by atoms with E-state index in [9.17, 15) is 14.9 Å². The molecule has 0 bridgehead atoms. The number of nitro benzene ring substituents is 1. The molecule has 130 valence electrons. The number of carbonyl (C=O) groups is 1. The van der Waals surface area contributed by atoms with Crippen LogP contribution in [0.3, 0.4) is 0 Å². The molecule has 2 aromatic rings. The molecule has 1 amide bonds. The summed E-state index contributed by atoms with van der Waals surface area (Å²) in [4.78, 5) is 22.2. The van der Waals surface area contributed by atoms with Crippen molar-refractivity contribution >= 4 is 34.6 Å². The third-order valence-corrected chi connectivity index (χ3v) is 3.47. The number of ether oxygens (including phenoxy) is 1. The number of amides is 1. The van der Waals surface area contributed by atoms with Gasteiger partial charge in [0.05, 0.1) is 4.92 Å². The highest BCUT2D eigenvalue weighted by atomic mass is 32.1. The zero-order valence-corrected chi connectivity index (χ0v) is 14.6. The van der Waals surface area contributed by atoms with Crippen LogP contribution < -0.4 is 15.4 Å². The molecule has 0 saturated heterocycles. The molecule has 0 heterocycles. The van der Waals surface area contributed by atoms with E-state index in [1.165, 1.54) is 18.2 Å². The number of nitrogens with one attached hydrogen (secondary N) is 2.